The summed E-state index contributed by atoms with van der Waals surface area (Å²) in [5.41, 5.74) is 0.679. The Kier molecular flexibility index (Phi) is 5.13. The van der Waals surface area contributed by atoms with Crippen LogP contribution in [0.4, 0.5) is 0 Å². The van der Waals surface area contributed by atoms with E-state index in [2.05, 4.69) is 33.1 Å². The van der Waals surface area contributed by atoms with E-state index < -0.39 is 0 Å². The second kappa shape index (κ2) is 6.39. The van der Waals surface area contributed by atoms with Crippen LogP contribution < -0.4 is 5.32 Å². The maximum atomic E-state index is 11.8. The molecule has 0 aliphatic carbocycles. The third-order valence-corrected chi connectivity index (χ3v) is 2.58. The number of rotatable bonds is 4. The summed E-state index contributed by atoms with van der Waals surface area (Å²) in [7, 11) is 0. The molecule has 0 spiro atoms. The molecule has 0 aliphatic heterocycles. The minimum absolute atomic E-state index is 0.0505. The summed E-state index contributed by atoms with van der Waals surface area (Å²) < 4.78 is 2.83. The molecular weight excluding hydrogens is 268 g/mol. The predicted octanol–water partition coefficient (Wildman–Crippen LogP) is 2.41. The Morgan fingerprint density at radius 2 is 2.38 bits per heavy atom. The summed E-state index contributed by atoms with van der Waals surface area (Å²) in [4.78, 5) is 11.8. The highest BCUT2D eigenvalue weighted by Gasteiger charge is 2.10. The van der Waals surface area contributed by atoms with Gasteiger partial charge in [-0.1, -0.05) is 0 Å². The number of nitrogens with one attached hydrogen (secondary N) is 1. The number of nitrogens with zero attached hydrogens (tertiary/aromatic N) is 1. The van der Waals surface area contributed by atoms with Crippen LogP contribution in [0.3, 0.4) is 0 Å². The van der Waals surface area contributed by atoms with Crippen LogP contribution in [0.15, 0.2) is 16.7 Å². The molecule has 1 rings (SSSR count). The van der Waals surface area contributed by atoms with Crippen LogP contribution in [0, 0.1) is 11.8 Å². The molecule has 0 bridgehead atoms. The third-order valence-electron chi connectivity index (χ3n) is 2.15. The summed E-state index contributed by atoms with van der Waals surface area (Å²) in [6.07, 6.45) is 2.59. The Bertz CT molecular complexity index is 426. The number of amides is 1. The van der Waals surface area contributed by atoms with E-state index in [0.717, 1.165) is 11.0 Å². The van der Waals surface area contributed by atoms with E-state index in [1.54, 1.807) is 6.92 Å². The maximum Gasteiger partial charge on any atom is 0.267 e. The lowest BCUT2D eigenvalue weighted by molar-refractivity contribution is 0.0945. The predicted molar refractivity (Wildman–Crippen MR) is 68.2 cm³/mol. The monoisotopic (exact) mass is 282 g/mol. The second-order valence-corrected chi connectivity index (χ2v) is 4.18. The summed E-state index contributed by atoms with van der Waals surface area (Å²) in [5, 5.41) is 2.84. The standard InChI is InChI=1S/C12H15BrN2O/c1-3-5-6-7-14-12(16)11-8-10(13)9-15(11)4-2/h8-9H,4,6-7H2,1-2H3,(H,14,16). The first-order valence-electron chi connectivity index (χ1n) is 5.22. The zero-order chi connectivity index (χ0) is 12.0. The van der Waals surface area contributed by atoms with Crippen molar-refractivity contribution in [2.24, 2.45) is 0 Å². The average Bonchev–Trinajstić information content (AvgIpc) is 2.65. The molecule has 0 atom stereocenters. The van der Waals surface area contributed by atoms with Crippen LogP contribution in [0.5, 0.6) is 0 Å². The highest BCUT2D eigenvalue weighted by molar-refractivity contribution is 9.10. The molecule has 0 unspecified atom stereocenters. The summed E-state index contributed by atoms with van der Waals surface area (Å²) >= 11 is 3.36. The fourth-order valence-corrected chi connectivity index (χ4v) is 1.84. The van der Waals surface area contributed by atoms with Gasteiger partial charge in [0.2, 0.25) is 0 Å². The Labute approximate surface area is 104 Å². The van der Waals surface area contributed by atoms with Gasteiger partial charge in [0, 0.05) is 30.2 Å². The molecule has 0 aromatic carbocycles. The Balaban J connectivity index is 2.60. The fourth-order valence-electron chi connectivity index (χ4n) is 1.38. The van der Waals surface area contributed by atoms with Crippen molar-refractivity contribution in [1.29, 1.82) is 0 Å². The molecule has 3 nitrogen and oxygen atoms in total. The first kappa shape index (κ1) is 12.9. The van der Waals surface area contributed by atoms with Crippen molar-refractivity contribution < 1.29 is 4.79 Å². The Hall–Kier alpha value is -1.21. The lowest BCUT2D eigenvalue weighted by Gasteiger charge is -2.05. The number of hydrogen-bond acceptors (Lipinski definition) is 1. The molecule has 0 aliphatic rings. The van der Waals surface area contributed by atoms with E-state index in [1.807, 2.05) is 23.8 Å². The molecule has 4 heteroatoms. The van der Waals surface area contributed by atoms with E-state index in [9.17, 15) is 4.79 Å². The van der Waals surface area contributed by atoms with Crippen molar-refractivity contribution in [3.8, 4) is 11.8 Å². The molecule has 86 valence electrons. The van der Waals surface area contributed by atoms with Crippen LogP contribution in [-0.4, -0.2) is 17.0 Å². The number of hydrogen-bond donors (Lipinski definition) is 1. The lowest BCUT2D eigenvalue weighted by atomic mass is 10.3. The van der Waals surface area contributed by atoms with E-state index in [1.165, 1.54) is 0 Å². The molecule has 0 saturated carbocycles. The molecule has 1 aromatic rings. The molecule has 1 aromatic heterocycles. The normalized spacial score (nSPS) is 9.44. The average molecular weight is 283 g/mol. The SMILES string of the molecule is CC#CCCNC(=O)c1cc(Br)cn1CC. The number of aromatic nitrogens is 1. The fraction of sp³-hybridized carbons (Fsp3) is 0.417. The molecule has 1 heterocycles. The zero-order valence-corrected chi connectivity index (χ0v) is 11.1. The molecule has 16 heavy (non-hydrogen) atoms. The van der Waals surface area contributed by atoms with Crippen molar-refractivity contribution in [3.05, 3.63) is 22.4 Å². The van der Waals surface area contributed by atoms with Gasteiger partial charge in [0.05, 0.1) is 0 Å². The quantitative estimate of drug-likeness (QED) is 0.668. The first-order valence-corrected chi connectivity index (χ1v) is 6.01. The van der Waals surface area contributed by atoms with Gasteiger partial charge in [0.1, 0.15) is 5.69 Å². The van der Waals surface area contributed by atoms with Gasteiger partial charge in [-0.25, -0.2) is 0 Å². The van der Waals surface area contributed by atoms with Gasteiger partial charge >= 0.3 is 0 Å². The summed E-state index contributed by atoms with van der Waals surface area (Å²) in [6.45, 7) is 5.17. The summed E-state index contributed by atoms with van der Waals surface area (Å²) in [5.74, 6) is 5.65. The topological polar surface area (TPSA) is 34.0 Å². The molecule has 1 N–H and O–H groups in total. The van der Waals surface area contributed by atoms with Crippen LogP contribution in [0.25, 0.3) is 0 Å². The lowest BCUT2D eigenvalue weighted by Crippen LogP contribution is -2.26. The van der Waals surface area contributed by atoms with Gasteiger partial charge < -0.3 is 9.88 Å². The van der Waals surface area contributed by atoms with Gasteiger partial charge in [-0.2, -0.15) is 0 Å². The smallest absolute Gasteiger partial charge is 0.267 e. The number of carbonyl (C=O) groups excluding carboxylic acids is 1. The first-order chi connectivity index (χ1) is 7.69. The van der Waals surface area contributed by atoms with Crippen LogP contribution >= 0.6 is 15.9 Å². The summed E-state index contributed by atoms with van der Waals surface area (Å²) in [6, 6.07) is 1.82. The van der Waals surface area contributed by atoms with E-state index in [-0.39, 0.29) is 5.91 Å². The largest absolute Gasteiger partial charge is 0.350 e. The molecular formula is C12H15BrN2O. The minimum atomic E-state index is -0.0505. The molecule has 0 saturated heterocycles. The van der Waals surface area contributed by atoms with Crippen LogP contribution in [-0.2, 0) is 6.54 Å². The number of carbonyl (C=O) groups is 1. The number of halogens is 1. The van der Waals surface area contributed by atoms with E-state index in [0.29, 0.717) is 18.7 Å². The highest BCUT2D eigenvalue weighted by atomic mass is 79.9. The zero-order valence-electron chi connectivity index (χ0n) is 9.51. The second-order valence-electron chi connectivity index (χ2n) is 3.26. The van der Waals surface area contributed by atoms with E-state index in [4.69, 9.17) is 0 Å². The van der Waals surface area contributed by atoms with Gasteiger partial charge in [-0.3, -0.25) is 4.79 Å². The van der Waals surface area contributed by atoms with Crippen molar-refractivity contribution in [1.82, 2.24) is 9.88 Å². The van der Waals surface area contributed by atoms with Gasteiger partial charge in [-0.15, -0.1) is 11.8 Å². The van der Waals surface area contributed by atoms with Crippen molar-refractivity contribution in [2.45, 2.75) is 26.8 Å². The van der Waals surface area contributed by atoms with Gasteiger partial charge in [0.15, 0.2) is 0 Å². The Morgan fingerprint density at radius 3 is 3.00 bits per heavy atom. The van der Waals surface area contributed by atoms with Crippen molar-refractivity contribution in [2.75, 3.05) is 6.54 Å². The third kappa shape index (κ3) is 3.42. The van der Waals surface area contributed by atoms with Crippen molar-refractivity contribution in [3.63, 3.8) is 0 Å². The maximum absolute atomic E-state index is 11.8. The minimum Gasteiger partial charge on any atom is -0.350 e. The molecule has 1 amide bonds. The Morgan fingerprint density at radius 1 is 1.62 bits per heavy atom. The van der Waals surface area contributed by atoms with Crippen molar-refractivity contribution >= 4 is 21.8 Å². The van der Waals surface area contributed by atoms with Crippen LogP contribution in [0.1, 0.15) is 30.8 Å². The van der Waals surface area contributed by atoms with E-state index >= 15 is 0 Å². The number of aryl methyl sites for hydroxylation is 1. The van der Waals surface area contributed by atoms with Gasteiger partial charge in [0.25, 0.3) is 5.91 Å². The highest BCUT2D eigenvalue weighted by Crippen LogP contribution is 2.14. The molecule has 0 radical (unpaired) electrons. The van der Waals surface area contributed by atoms with Gasteiger partial charge in [-0.05, 0) is 35.8 Å². The molecule has 0 fully saturated rings. The van der Waals surface area contributed by atoms with Crippen LogP contribution in [0.2, 0.25) is 0 Å².